The molecule has 2 rings (SSSR count). The number of carbonyl (C=O) groups is 1. The Morgan fingerprint density at radius 1 is 1.50 bits per heavy atom. The van der Waals surface area contributed by atoms with Crippen molar-refractivity contribution in [3.05, 3.63) is 22.8 Å². The summed E-state index contributed by atoms with van der Waals surface area (Å²) < 4.78 is 1.02. The number of piperidine rings is 1. The average Bonchev–Trinajstić information content (AvgIpc) is 2.42. The molecular weight excluding hydrogens is 318 g/mol. The zero-order valence-corrected chi connectivity index (χ0v) is 13.9. The second-order valence-corrected chi connectivity index (χ2v) is 6.45. The maximum Gasteiger partial charge on any atom is 0.223 e. The fraction of sp³-hybridized carbons (Fsp3) is 0.667. The van der Waals surface area contributed by atoms with E-state index in [9.17, 15) is 4.79 Å². The van der Waals surface area contributed by atoms with Crippen LogP contribution in [-0.4, -0.2) is 48.1 Å². The van der Waals surface area contributed by atoms with Crippen molar-refractivity contribution >= 4 is 21.8 Å². The van der Waals surface area contributed by atoms with Gasteiger partial charge in [-0.05, 0) is 54.0 Å². The zero-order chi connectivity index (χ0) is 14.5. The summed E-state index contributed by atoms with van der Waals surface area (Å²) in [6.07, 6.45) is 10.2. The molecule has 1 saturated heterocycles. The minimum Gasteiger partial charge on any atom is -0.356 e. The number of likely N-dealkylation sites (tertiary alicyclic amines) is 1. The van der Waals surface area contributed by atoms with Crippen molar-refractivity contribution in [1.29, 1.82) is 0 Å². The van der Waals surface area contributed by atoms with Crippen LogP contribution >= 0.6 is 15.9 Å². The number of rotatable bonds is 4. The van der Waals surface area contributed by atoms with Gasteiger partial charge in [-0.15, -0.1) is 0 Å². The molecule has 0 aromatic heterocycles. The van der Waals surface area contributed by atoms with Crippen molar-refractivity contribution < 1.29 is 4.79 Å². The first-order chi connectivity index (χ1) is 9.60. The maximum atomic E-state index is 12.2. The third kappa shape index (κ3) is 4.09. The normalized spacial score (nSPS) is 27.4. The molecular formula is C15H24BrN3O. The summed E-state index contributed by atoms with van der Waals surface area (Å²) in [5, 5.41) is 3.09. The van der Waals surface area contributed by atoms with E-state index in [-0.39, 0.29) is 12.1 Å². The van der Waals surface area contributed by atoms with Crippen molar-refractivity contribution in [3.63, 3.8) is 0 Å². The Balaban J connectivity index is 1.85. The number of halogens is 1. The summed E-state index contributed by atoms with van der Waals surface area (Å²) in [5.74, 6) is 0.142. The smallest absolute Gasteiger partial charge is 0.223 e. The van der Waals surface area contributed by atoms with Gasteiger partial charge in [0, 0.05) is 30.2 Å². The number of nitrogens with zero attached hydrogens (tertiary/aromatic N) is 2. The molecule has 2 aliphatic heterocycles. The van der Waals surface area contributed by atoms with Gasteiger partial charge in [0.2, 0.25) is 5.91 Å². The minimum atomic E-state index is -0.0394. The fourth-order valence-electron chi connectivity index (χ4n) is 2.93. The lowest BCUT2D eigenvalue weighted by molar-refractivity contribution is -0.123. The molecule has 5 heteroatoms. The number of hydrogen-bond donors (Lipinski definition) is 1. The van der Waals surface area contributed by atoms with Crippen molar-refractivity contribution in [3.8, 4) is 0 Å². The number of amides is 1. The Kier molecular flexibility index (Phi) is 5.66. The molecule has 0 aromatic carbocycles. The van der Waals surface area contributed by atoms with Crippen LogP contribution < -0.4 is 5.32 Å². The highest BCUT2D eigenvalue weighted by atomic mass is 79.9. The fourth-order valence-corrected chi connectivity index (χ4v) is 3.41. The SMILES string of the molecule is CCN1CCCCC1CC(=O)NC1C=CC(Br)=CN1C. The molecule has 0 aliphatic carbocycles. The third-order valence-corrected chi connectivity index (χ3v) is 4.56. The van der Waals surface area contributed by atoms with Crippen LogP contribution in [0, 0.1) is 0 Å². The van der Waals surface area contributed by atoms with E-state index in [2.05, 4.69) is 33.1 Å². The van der Waals surface area contributed by atoms with Crippen LogP contribution in [0.1, 0.15) is 32.6 Å². The highest BCUT2D eigenvalue weighted by molar-refractivity contribution is 9.11. The number of likely N-dealkylation sites (N-methyl/N-ethyl adjacent to an activating group) is 1. The van der Waals surface area contributed by atoms with Crippen LogP contribution in [0.4, 0.5) is 0 Å². The van der Waals surface area contributed by atoms with Crippen molar-refractivity contribution in [2.24, 2.45) is 0 Å². The quantitative estimate of drug-likeness (QED) is 0.852. The van der Waals surface area contributed by atoms with Gasteiger partial charge >= 0.3 is 0 Å². The largest absolute Gasteiger partial charge is 0.356 e. The van der Waals surface area contributed by atoms with E-state index in [1.165, 1.54) is 12.8 Å². The molecule has 20 heavy (non-hydrogen) atoms. The molecule has 0 saturated carbocycles. The van der Waals surface area contributed by atoms with E-state index in [1.54, 1.807) is 0 Å². The zero-order valence-electron chi connectivity index (χ0n) is 12.3. The molecule has 2 heterocycles. The second kappa shape index (κ2) is 7.27. The van der Waals surface area contributed by atoms with Crippen molar-refractivity contribution in [1.82, 2.24) is 15.1 Å². The molecule has 0 aromatic rings. The summed E-state index contributed by atoms with van der Waals surface area (Å²) in [5.41, 5.74) is 0. The monoisotopic (exact) mass is 341 g/mol. The molecule has 2 unspecified atom stereocenters. The summed E-state index contributed by atoms with van der Waals surface area (Å²) in [6.45, 7) is 4.35. The lowest BCUT2D eigenvalue weighted by atomic mass is 9.99. The van der Waals surface area contributed by atoms with Crippen LogP contribution in [0.2, 0.25) is 0 Å². The number of allylic oxidation sites excluding steroid dienone is 2. The van der Waals surface area contributed by atoms with E-state index >= 15 is 0 Å². The highest BCUT2D eigenvalue weighted by Gasteiger charge is 2.24. The summed E-state index contributed by atoms with van der Waals surface area (Å²) >= 11 is 3.43. The Morgan fingerprint density at radius 3 is 3.00 bits per heavy atom. The standard InChI is InChI=1S/C15H24BrN3O/c1-3-19-9-5-4-6-13(19)10-15(20)17-14-8-7-12(16)11-18(14)2/h7-8,11,13-14H,3-6,9-10H2,1-2H3,(H,17,20). The predicted molar refractivity (Wildman–Crippen MR) is 85.3 cm³/mol. The van der Waals surface area contributed by atoms with Crippen LogP contribution in [0.15, 0.2) is 22.8 Å². The second-order valence-electron chi connectivity index (χ2n) is 5.53. The molecule has 0 radical (unpaired) electrons. The Labute approximate surface area is 130 Å². The first-order valence-corrected chi connectivity index (χ1v) is 8.20. The van der Waals surface area contributed by atoms with Gasteiger partial charge in [-0.1, -0.05) is 13.3 Å². The topological polar surface area (TPSA) is 35.6 Å². The highest BCUT2D eigenvalue weighted by Crippen LogP contribution is 2.20. The Morgan fingerprint density at radius 2 is 2.30 bits per heavy atom. The van der Waals surface area contributed by atoms with Gasteiger partial charge in [0.15, 0.2) is 0 Å². The van der Waals surface area contributed by atoms with Crippen LogP contribution in [-0.2, 0) is 4.79 Å². The van der Waals surface area contributed by atoms with E-state index in [4.69, 9.17) is 0 Å². The lowest BCUT2D eigenvalue weighted by Gasteiger charge is -2.35. The van der Waals surface area contributed by atoms with Crippen molar-refractivity contribution in [2.45, 2.75) is 44.8 Å². The van der Waals surface area contributed by atoms with Gasteiger partial charge in [-0.25, -0.2) is 0 Å². The van der Waals surface area contributed by atoms with Crippen molar-refractivity contribution in [2.75, 3.05) is 20.1 Å². The van der Waals surface area contributed by atoms with E-state index in [0.717, 1.165) is 24.0 Å². The molecule has 1 N–H and O–H groups in total. The molecule has 0 bridgehead atoms. The van der Waals surface area contributed by atoms with E-state index in [0.29, 0.717) is 12.5 Å². The van der Waals surface area contributed by atoms with Gasteiger partial charge in [0.05, 0.1) is 0 Å². The molecule has 2 atom stereocenters. The molecule has 4 nitrogen and oxygen atoms in total. The van der Waals surface area contributed by atoms with Crippen LogP contribution in [0.5, 0.6) is 0 Å². The Hall–Kier alpha value is -0.810. The van der Waals surface area contributed by atoms with Crippen LogP contribution in [0.25, 0.3) is 0 Å². The molecule has 1 fully saturated rings. The van der Waals surface area contributed by atoms with Gasteiger partial charge in [-0.2, -0.15) is 0 Å². The molecule has 2 aliphatic rings. The van der Waals surface area contributed by atoms with Gasteiger partial charge in [0.25, 0.3) is 0 Å². The van der Waals surface area contributed by atoms with Gasteiger partial charge in [-0.3, -0.25) is 4.79 Å². The number of nitrogens with one attached hydrogen (secondary N) is 1. The molecule has 112 valence electrons. The first-order valence-electron chi connectivity index (χ1n) is 7.41. The first kappa shape index (κ1) is 15.6. The third-order valence-electron chi connectivity index (χ3n) is 4.09. The maximum absolute atomic E-state index is 12.2. The van der Waals surface area contributed by atoms with Crippen LogP contribution in [0.3, 0.4) is 0 Å². The number of hydrogen-bond acceptors (Lipinski definition) is 3. The van der Waals surface area contributed by atoms with E-state index in [1.807, 2.05) is 30.3 Å². The van der Waals surface area contributed by atoms with Gasteiger partial charge < -0.3 is 15.1 Å². The van der Waals surface area contributed by atoms with E-state index < -0.39 is 0 Å². The Bertz CT molecular complexity index is 408. The molecule has 1 amide bonds. The lowest BCUT2D eigenvalue weighted by Crippen LogP contribution is -2.47. The average molecular weight is 342 g/mol. The predicted octanol–water partition coefficient (Wildman–Crippen LogP) is 2.43. The summed E-state index contributed by atoms with van der Waals surface area (Å²) in [7, 11) is 1.97. The summed E-state index contributed by atoms with van der Waals surface area (Å²) in [4.78, 5) is 16.7. The summed E-state index contributed by atoms with van der Waals surface area (Å²) in [6, 6.07) is 0.411. The number of carbonyl (C=O) groups excluding carboxylic acids is 1. The van der Waals surface area contributed by atoms with Gasteiger partial charge in [0.1, 0.15) is 6.17 Å². The minimum absolute atomic E-state index is 0.0394. The molecule has 0 spiro atoms.